The minimum atomic E-state index is -1.48. The third-order valence-corrected chi connectivity index (χ3v) is 4.87. The van der Waals surface area contributed by atoms with Crippen molar-refractivity contribution in [3.05, 3.63) is 50.9 Å². The normalized spacial score (nSPS) is 15.7. The summed E-state index contributed by atoms with van der Waals surface area (Å²) in [5, 5.41) is 18.9. The van der Waals surface area contributed by atoms with Crippen molar-refractivity contribution in [3.63, 3.8) is 0 Å². The second-order valence-electron chi connectivity index (χ2n) is 6.27. The first-order valence-electron chi connectivity index (χ1n) is 8.36. The van der Waals surface area contributed by atoms with Gasteiger partial charge in [-0.05, 0) is 61.5 Å². The lowest BCUT2D eigenvalue weighted by Gasteiger charge is -2.07. The van der Waals surface area contributed by atoms with E-state index in [2.05, 4.69) is 15.9 Å². The second-order valence-corrected chi connectivity index (χ2v) is 8.00. The average molecular weight is 460 g/mol. The molecule has 2 saturated carbocycles. The van der Waals surface area contributed by atoms with E-state index in [1.807, 2.05) is 18.2 Å². The lowest BCUT2D eigenvalue weighted by molar-refractivity contribution is 0.303. The third kappa shape index (κ3) is 6.07. The summed E-state index contributed by atoms with van der Waals surface area (Å²) >= 11 is 15.2. The van der Waals surface area contributed by atoms with Gasteiger partial charge in [0.25, 0.3) is 0 Å². The number of hydrogen-bond donors (Lipinski definition) is 2. The molecule has 0 heterocycles. The smallest absolute Gasteiger partial charge is 0.488 e. The van der Waals surface area contributed by atoms with Crippen LogP contribution in [0.5, 0.6) is 11.5 Å². The van der Waals surface area contributed by atoms with Crippen molar-refractivity contribution in [1.82, 2.24) is 0 Å². The van der Waals surface area contributed by atoms with Crippen molar-refractivity contribution in [3.8, 4) is 11.5 Å². The molecule has 26 heavy (non-hydrogen) atoms. The van der Waals surface area contributed by atoms with Crippen LogP contribution in [0.4, 0.5) is 0 Å². The Morgan fingerprint density at radius 2 is 1.35 bits per heavy atom. The number of ether oxygens (including phenoxy) is 2. The molecule has 8 heteroatoms. The van der Waals surface area contributed by atoms with Crippen LogP contribution in [0.1, 0.15) is 25.7 Å². The van der Waals surface area contributed by atoms with Crippen LogP contribution in [-0.2, 0) is 0 Å². The van der Waals surface area contributed by atoms with Crippen molar-refractivity contribution in [2.75, 3.05) is 0 Å². The van der Waals surface area contributed by atoms with E-state index in [4.69, 9.17) is 42.7 Å². The molecule has 138 valence electrons. The van der Waals surface area contributed by atoms with E-state index >= 15 is 0 Å². The summed E-state index contributed by atoms with van der Waals surface area (Å²) in [5.74, 6) is 1.40. The van der Waals surface area contributed by atoms with Gasteiger partial charge in [-0.1, -0.05) is 45.2 Å². The highest BCUT2D eigenvalue weighted by Gasteiger charge is 2.25. The summed E-state index contributed by atoms with van der Waals surface area (Å²) in [6.45, 7) is 0. The summed E-state index contributed by atoms with van der Waals surface area (Å²) in [6, 6.07) is 10.4. The molecule has 2 fully saturated rings. The predicted octanol–water partition coefficient (Wildman–Crippen LogP) is 4.20. The van der Waals surface area contributed by atoms with Gasteiger partial charge in [0, 0.05) is 4.47 Å². The molecule has 2 aromatic carbocycles. The van der Waals surface area contributed by atoms with E-state index in [9.17, 15) is 0 Å². The standard InChI is InChI=1S/C9H10BClO3.C9H8BrClO/c11-8-5-6(10(12)13)1-4-9(8)14-7-2-3-7;10-6-1-4-9(8(11)5-6)12-7-2-3-7/h1,4-5,7,12-13H,2-3H2;1,4-5,7H,2-3H2. The highest BCUT2D eigenvalue weighted by Crippen LogP contribution is 2.33. The van der Waals surface area contributed by atoms with E-state index in [1.165, 1.54) is 6.07 Å². The molecule has 2 aliphatic carbocycles. The zero-order chi connectivity index (χ0) is 18.7. The zero-order valence-electron chi connectivity index (χ0n) is 13.9. The van der Waals surface area contributed by atoms with E-state index in [0.717, 1.165) is 35.9 Å². The molecule has 0 unspecified atom stereocenters. The Hall–Kier alpha value is -0.915. The van der Waals surface area contributed by atoms with Crippen LogP contribution in [0.25, 0.3) is 0 Å². The van der Waals surface area contributed by atoms with E-state index in [1.54, 1.807) is 12.1 Å². The summed E-state index contributed by atoms with van der Waals surface area (Å²) in [7, 11) is -1.48. The molecule has 0 radical (unpaired) electrons. The van der Waals surface area contributed by atoms with Gasteiger partial charge < -0.3 is 19.5 Å². The summed E-state index contributed by atoms with van der Waals surface area (Å²) in [4.78, 5) is 0. The van der Waals surface area contributed by atoms with Crippen LogP contribution >= 0.6 is 39.1 Å². The van der Waals surface area contributed by atoms with Gasteiger partial charge in [0.05, 0.1) is 22.3 Å². The maximum Gasteiger partial charge on any atom is 0.488 e. The predicted molar refractivity (Wildman–Crippen MR) is 108 cm³/mol. The van der Waals surface area contributed by atoms with Crippen LogP contribution in [0.2, 0.25) is 10.0 Å². The molecule has 0 spiro atoms. The van der Waals surface area contributed by atoms with Crippen molar-refractivity contribution >= 4 is 51.7 Å². The SMILES string of the molecule is Clc1cc(Br)ccc1OC1CC1.OB(O)c1ccc(OC2CC2)c(Cl)c1. The highest BCUT2D eigenvalue weighted by molar-refractivity contribution is 9.10. The summed E-state index contributed by atoms with van der Waals surface area (Å²) in [5.41, 5.74) is 0.373. The van der Waals surface area contributed by atoms with Crippen LogP contribution in [-0.4, -0.2) is 29.4 Å². The van der Waals surface area contributed by atoms with Crippen LogP contribution < -0.4 is 14.9 Å². The minimum absolute atomic E-state index is 0.289. The number of rotatable bonds is 5. The number of halogens is 3. The van der Waals surface area contributed by atoms with Gasteiger partial charge in [-0.2, -0.15) is 0 Å². The molecule has 2 N–H and O–H groups in total. The quantitative estimate of drug-likeness (QED) is 0.658. The highest BCUT2D eigenvalue weighted by atomic mass is 79.9. The molecule has 4 nitrogen and oxygen atoms in total. The minimum Gasteiger partial charge on any atom is -0.489 e. The molecule has 2 aliphatic rings. The Morgan fingerprint density at radius 3 is 1.77 bits per heavy atom. The Labute approximate surface area is 171 Å². The fraction of sp³-hybridized carbons (Fsp3) is 0.333. The Kier molecular flexibility index (Phi) is 6.75. The molecule has 2 aromatic rings. The topological polar surface area (TPSA) is 58.9 Å². The van der Waals surface area contributed by atoms with Crippen molar-refractivity contribution in [2.45, 2.75) is 37.9 Å². The number of benzene rings is 2. The Balaban J connectivity index is 0.000000152. The molecular weight excluding hydrogens is 442 g/mol. The fourth-order valence-corrected chi connectivity index (χ4v) is 3.03. The monoisotopic (exact) mass is 458 g/mol. The first-order valence-corrected chi connectivity index (χ1v) is 9.91. The molecular formula is C18H18BBrCl2O4. The van der Waals surface area contributed by atoms with Gasteiger partial charge in [0.1, 0.15) is 11.5 Å². The first kappa shape index (κ1) is 19.8. The fourth-order valence-electron chi connectivity index (χ4n) is 2.07. The van der Waals surface area contributed by atoms with Crippen LogP contribution in [0.15, 0.2) is 40.9 Å². The lowest BCUT2D eigenvalue weighted by Crippen LogP contribution is -2.29. The molecule has 0 aromatic heterocycles. The van der Waals surface area contributed by atoms with Gasteiger partial charge in [-0.25, -0.2) is 0 Å². The third-order valence-electron chi connectivity index (χ3n) is 3.78. The van der Waals surface area contributed by atoms with Crippen molar-refractivity contribution in [1.29, 1.82) is 0 Å². The van der Waals surface area contributed by atoms with Gasteiger partial charge in [-0.15, -0.1) is 0 Å². The van der Waals surface area contributed by atoms with Crippen molar-refractivity contribution < 1.29 is 19.5 Å². The molecule has 0 saturated heterocycles. The Morgan fingerprint density at radius 1 is 0.846 bits per heavy atom. The lowest BCUT2D eigenvalue weighted by atomic mass is 9.80. The van der Waals surface area contributed by atoms with Crippen molar-refractivity contribution in [2.24, 2.45) is 0 Å². The molecule has 0 bridgehead atoms. The van der Waals surface area contributed by atoms with Gasteiger partial charge in [-0.3, -0.25) is 0 Å². The molecule has 0 amide bonds. The van der Waals surface area contributed by atoms with Crippen LogP contribution in [0, 0.1) is 0 Å². The van der Waals surface area contributed by atoms with E-state index in [0.29, 0.717) is 27.4 Å². The zero-order valence-corrected chi connectivity index (χ0v) is 17.0. The largest absolute Gasteiger partial charge is 0.489 e. The van der Waals surface area contributed by atoms with Gasteiger partial charge in [0.2, 0.25) is 0 Å². The van der Waals surface area contributed by atoms with Gasteiger partial charge >= 0.3 is 7.12 Å². The second kappa shape index (κ2) is 8.85. The molecule has 4 rings (SSSR count). The average Bonchev–Trinajstić information content (AvgIpc) is 3.48. The first-order chi connectivity index (χ1) is 12.4. The maximum atomic E-state index is 8.89. The maximum absolute atomic E-state index is 8.89. The van der Waals surface area contributed by atoms with E-state index < -0.39 is 7.12 Å². The summed E-state index contributed by atoms with van der Waals surface area (Å²) in [6.07, 6.45) is 5.15. The Bertz CT molecular complexity index is 767. The summed E-state index contributed by atoms with van der Waals surface area (Å²) < 4.78 is 12.0. The van der Waals surface area contributed by atoms with E-state index in [-0.39, 0.29) is 6.10 Å². The van der Waals surface area contributed by atoms with Crippen LogP contribution in [0.3, 0.4) is 0 Å². The number of hydrogen-bond acceptors (Lipinski definition) is 4. The molecule has 0 aliphatic heterocycles. The molecule has 0 atom stereocenters. The van der Waals surface area contributed by atoms with Gasteiger partial charge in [0.15, 0.2) is 0 Å².